The summed E-state index contributed by atoms with van der Waals surface area (Å²) in [6.07, 6.45) is 14.3. The largest absolute Gasteiger partial charge is 1.00 e. The monoisotopic (exact) mass is 920 g/mol. The van der Waals surface area contributed by atoms with Crippen LogP contribution in [-0.2, 0) is 52.9 Å². The summed E-state index contributed by atoms with van der Waals surface area (Å²) in [4.78, 5) is 0. The van der Waals surface area contributed by atoms with Crippen molar-refractivity contribution in [3.63, 3.8) is 0 Å². The van der Waals surface area contributed by atoms with Crippen LogP contribution in [0, 0.1) is 23.7 Å². The second kappa shape index (κ2) is 18.1. The Morgan fingerprint density at radius 3 is 0.983 bits per heavy atom. The average molecular weight is 923 g/mol. The van der Waals surface area contributed by atoms with Crippen LogP contribution < -0.4 is 52.8 Å². The summed E-state index contributed by atoms with van der Waals surface area (Å²) in [5.74, 6) is 2.46. The van der Waals surface area contributed by atoms with Gasteiger partial charge in [0, 0.05) is 0 Å². The zero-order valence-electron chi connectivity index (χ0n) is 40.7. The Hall–Kier alpha value is -1.06. The third kappa shape index (κ3) is 10.2. The van der Waals surface area contributed by atoms with E-state index in [2.05, 4.69) is 224 Å². The molecule has 6 rings (SSSR count). The smallest absolute Gasteiger partial charge is 1.00 e. The Morgan fingerprint density at radius 1 is 0.417 bits per heavy atom. The van der Waals surface area contributed by atoms with Crippen LogP contribution >= 0.6 is 0 Å². The average Bonchev–Trinajstić information content (AvgIpc) is 3.42. The Morgan fingerprint density at radius 2 is 0.700 bits per heavy atom. The molecule has 3 aromatic rings. The number of hydrogen-bond donors (Lipinski definition) is 0. The third-order valence-electron chi connectivity index (χ3n) is 14.4. The van der Waals surface area contributed by atoms with E-state index in [-0.39, 0.29) is 69.7 Å². The second-order valence-corrected chi connectivity index (χ2v) is 30.1. The van der Waals surface area contributed by atoms with E-state index in [1.165, 1.54) is 52.6 Å². The quantitative estimate of drug-likeness (QED) is 0.269. The molecule has 60 heavy (non-hydrogen) atoms. The molecule has 2 saturated carbocycles. The number of fused-ring (bicyclic) bond motifs is 3. The SMILES string of the molecule is CC(C)(C)c1cc(C(C)(C)C)cc([Si](c2cc(C(C)(C)C)cc(C(C)(C)C)c2)(c2cc(C(C)(C)C)cc(C(C)(C)C)c2)C2C3C=CC=CC3C3CCC[CH]([Ti+3])C32)c1.[Cl-].[Cl-].[Cl-]. The fourth-order valence-electron chi connectivity index (χ4n) is 10.7. The maximum atomic E-state index is 2.76. The van der Waals surface area contributed by atoms with E-state index >= 15 is 0 Å². The summed E-state index contributed by atoms with van der Waals surface area (Å²) in [6.45, 7) is 43.9. The van der Waals surface area contributed by atoms with Gasteiger partial charge in [-0.15, -0.1) is 0 Å². The van der Waals surface area contributed by atoms with Gasteiger partial charge in [0.05, 0.1) is 0 Å². The van der Waals surface area contributed by atoms with Crippen LogP contribution in [0.1, 0.15) is 177 Å². The fourth-order valence-corrected chi connectivity index (χ4v) is 18.5. The van der Waals surface area contributed by atoms with E-state index in [1.807, 2.05) is 0 Å². The summed E-state index contributed by atoms with van der Waals surface area (Å²) in [5.41, 5.74) is 9.46. The van der Waals surface area contributed by atoms with Crippen LogP contribution in [0.15, 0.2) is 78.9 Å². The van der Waals surface area contributed by atoms with Crippen molar-refractivity contribution < 1.29 is 57.7 Å². The van der Waals surface area contributed by atoms with E-state index < -0.39 is 8.07 Å². The van der Waals surface area contributed by atoms with Crippen molar-refractivity contribution >= 4 is 23.6 Å². The van der Waals surface area contributed by atoms with Crippen molar-refractivity contribution in [2.24, 2.45) is 23.7 Å². The van der Waals surface area contributed by atoms with E-state index in [0.717, 1.165) is 0 Å². The second-order valence-electron chi connectivity index (χ2n) is 24.9. The van der Waals surface area contributed by atoms with Crippen molar-refractivity contribution in [1.82, 2.24) is 0 Å². The summed E-state index contributed by atoms with van der Waals surface area (Å²) >= 11 is 2.65. The zero-order chi connectivity index (χ0) is 42.5. The van der Waals surface area contributed by atoms with Gasteiger partial charge in [0.2, 0.25) is 0 Å². The van der Waals surface area contributed by atoms with Gasteiger partial charge in [-0.25, -0.2) is 0 Å². The maximum Gasteiger partial charge on any atom is -1.00 e. The predicted molar refractivity (Wildman–Crippen MR) is 250 cm³/mol. The first-order chi connectivity index (χ1) is 25.9. The first-order valence-corrected chi connectivity index (χ1v) is 25.5. The number of allylic oxidation sites excluding steroid dienone is 4. The molecule has 0 N–H and O–H groups in total. The van der Waals surface area contributed by atoms with Gasteiger partial charge in [-0.3, -0.25) is 0 Å². The molecule has 3 aromatic carbocycles. The minimum absolute atomic E-state index is 0. The van der Waals surface area contributed by atoms with Crippen molar-refractivity contribution in [1.29, 1.82) is 0 Å². The molecular weight excluding hydrogens is 843 g/mol. The van der Waals surface area contributed by atoms with Crippen LogP contribution in [0.2, 0.25) is 9.76 Å². The van der Waals surface area contributed by atoms with Gasteiger partial charge in [0.15, 0.2) is 0 Å². The Balaban J connectivity index is 0.00000320. The van der Waals surface area contributed by atoms with Crippen molar-refractivity contribution in [2.75, 3.05) is 0 Å². The predicted octanol–water partition coefficient (Wildman–Crippen LogP) is 4.45. The maximum absolute atomic E-state index is 3.00. The molecule has 0 aliphatic heterocycles. The molecule has 0 aromatic heterocycles. The minimum Gasteiger partial charge on any atom is -1.00 e. The van der Waals surface area contributed by atoms with E-state index in [0.29, 0.717) is 33.4 Å². The first-order valence-electron chi connectivity index (χ1n) is 22.5. The van der Waals surface area contributed by atoms with Crippen molar-refractivity contribution in [3.05, 3.63) is 112 Å². The standard InChI is InChI=1S/C55H79Si.3ClH.Ti/c1-50(2,3)36-27-37(51(4,5)6)31-42(30-36)56(43-32-38(52(7,8)9)28-39(33-43)53(10,11)12,44-34-40(54(13,14)15)29-41(35-44)55(16,17)18)49-47-25-21-19-23-45(47)46-24-20-22-26-48(46)49;;;;/h19,21,23,25-35,45-49H,20,22,24H2,1-18H3;3*1H;/q;;;;+3/p-3. The van der Waals surface area contributed by atoms with Crippen LogP contribution in [0.4, 0.5) is 0 Å². The van der Waals surface area contributed by atoms with Gasteiger partial charge < -0.3 is 37.2 Å². The number of halogens is 3. The number of rotatable bonds is 4. The molecule has 6 atom stereocenters. The summed E-state index contributed by atoms with van der Waals surface area (Å²) in [6, 6.07) is 24.3. The summed E-state index contributed by atoms with van der Waals surface area (Å²) < 4.78 is 0.682. The molecule has 5 heteroatoms. The summed E-state index contributed by atoms with van der Waals surface area (Å²) in [5, 5.41) is 4.92. The molecule has 0 saturated heterocycles. The van der Waals surface area contributed by atoms with Crippen LogP contribution in [0.25, 0.3) is 0 Å². The Labute approximate surface area is 400 Å². The number of benzene rings is 3. The van der Waals surface area contributed by atoms with Gasteiger partial charge in [-0.05, 0) is 0 Å². The van der Waals surface area contributed by atoms with E-state index in [4.69, 9.17) is 0 Å². The Kier molecular flexibility index (Phi) is 16.1. The minimum atomic E-state index is -3.00. The molecule has 6 unspecified atom stereocenters. The molecular formula is C55H79Cl3SiTi. The third-order valence-corrected chi connectivity index (χ3v) is 20.8. The normalized spacial score (nSPS) is 23.5. The topological polar surface area (TPSA) is 0 Å². The summed E-state index contributed by atoms with van der Waals surface area (Å²) in [7, 11) is -3.00. The fraction of sp³-hybridized carbons (Fsp3) is 0.600. The van der Waals surface area contributed by atoms with Crippen molar-refractivity contribution in [2.45, 2.75) is 186 Å². The molecule has 0 amide bonds. The molecule has 2 fully saturated rings. The molecule has 3 aliphatic rings. The van der Waals surface area contributed by atoms with Gasteiger partial charge in [0.1, 0.15) is 0 Å². The molecule has 328 valence electrons. The Bertz CT molecular complexity index is 1750. The van der Waals surface area contributed by atoms with E-state index in [1.54, 1.807) is 15.6 Å². The molecule has 3 aliphatic carbocycles. The van der Waals surface area contributed by atoms with Gasteiger partial charge in [-0.1, -0.05) is 0 Å². The van der Waals surface area contributed by atoms with Gasteiger partial charge in [-0.2, -0.15) is 0 Å². The first kappa shape index (κ1) is 53.3. The van der Waals surface area contributed by atoms with Gasteiger partial charge in [0.25, 0.3) is 0 Å². The van der Waals surface area contributed by atoms with Crippen LogP contribution in [0.5, 0.6) is 0 Å². The number of hydrogen-bond acceptors (Lipinski definition) is 0. The van der Waals surface area contributed by atoms with Gasteiger partial charge >= 0.3 is 366 Å². The molecule has 0 nitrogen and oxygen atoms in total. The molecule has 0 heterocycles. The van der Waals surface area contributed by atoms with E-state index in [9.17, 15) is 0 Å². The molecule has 0 radical (unpaired) electrons. The van der Waals surface area contributed by atoms with Crippen molar-refractivity contribution in [3.8, 4) is 0 Å². The van der Waals surface area contributed by atoms with Crippen LogP contribution in [-0.4, -0.2) is 8.07 Å². The molecule has 0 bridgehead atoms. The zero-order valence-corrected chi connectivity index (χ0v) is 45.6. The van der Waals surface area contributed by atoms with Crippen LogP contribution in [0.3, 0.4) is 0 Å². The molecule has 0 spiro atoms.